The summed E-state index contributed by atoms with van der Waals surface area (Å²) in [4.78, 5) is 26.3. The molecule has 0 saturated heterocycles. The van der Waals surface area contributed by atoms with Gasteiger partial charge in [0.25, 0.3) is 11.8 Å². The molecule has 0 atom stereocenters. The molecule has 4 nitrogen and oxygen atoms in total. The Balaban J connectivity index is 2.11. The second-order valence-electron chi connectivity index (χ2n) is 8.39. The third-order valence-electron chi connectivity index (χ3n) is 5.51. The lowest BCUT2D eigenvalue weighted by molar-refractivity contribution is 0.0952. The van der Waals surface area contributed by atoms with E-state index in [-0.39, 0.29) is 11.8 Å². The number of carbonyl (C=O) groups is 2. The van der Waals surface area contributed by atoms with Crippen molar-refractivity contribution >= 4 is 11.8 Å². The van der Waals surface area contributed by atoms with Crippen LogP contribution in [0.15, 0.2) is 72.8 Å². The first-order chi connectivity index (χ1) is 17.6. The second-order valence-corrected chi connectivity index (χ2v) is 8.39. The lowest BCUT2D eigenvalue weighted by Crippen LogP contribution is -2.28. The smallest absolute Gasteiger partial charge is 0.252 e. The van der Waals surface area contributed by atoms with Crippen LogP contribution in [-0.4, -0.2) is 24.9 Å². The monoisotopic (exact) mass is 476 g/mol. The minimum absolute atomic E-state index is 0.244. The highest BCUT2D eigenvalue weighted by Crippen LogP contribution is 2.18. The number of hydrogen-bond acceptors (Lipinski definition) is 2. The molecule has 2 N–H and O–H groups in total. The van der Waals surface area contributed by atoms with Gasteiger partial charge in [-0.3, -0.25) is 9.59 Å². The largest absolute Gasteiger partial charge is 0.352 e. The first kappa shape index (κ1) is 26.3. The maximum Gasteiger partial charge on any atom is 0.252 e. The van der Waals surface area contributed by atoms with Gasteiger partial charge in [0.2, 0.25) is 0 Å². The topological polar surface area (TPSA) is 58.2 Å². The minimum atomic E-state index is -0.244. The fraction of sp³-hybridized carbons (Fsp3) is 0.250. The number of rotatable bonds is 8. The van der Waals surface area contributed by atoms with Crippen LogP contribution >= 0.6 is 0 Å². The minimum Gasteiger partial charge on any atom is -0.352 e. The van der Waals surface area contributed by atoms with Crippen LogP contribution in [0, 0.1) is 23.7 Å². The second kappa shape index (κ2) is 14.2. The van der Waals surface area contributed by atoms with Gasteiger partial charge in [0, 0.05) is 35.3 Å². The highest BCUT2D eigenvalue weighted by Gasteiger charge is 2.18. The molecule has 0 spiro atoms. The van der Waals surface area contributed by atoms with Crippen molar-refractivity contribution in [1.29, 1.82) is 0 Å². The van der Waals surface area contributed by atoms with Crippen molar-refractivity contribution < 1.29 is 9.59 Å². The fourth-order valence-corrected chi connectivity index (χ4v) is 3.45. The Morgan fingerprint density at radius 1 is 0.611 bits per heavy atom. The van der Waals surface area contributed by atoms with Crippen LogP contribution in [-0.2, 0) is 0 Å². The highest BCUT2D eigenvalue weighted by molar-refractivity contribution is 6.03. The summed E-state index contributed by atoms with van der Waals surface area (Å²) in [6, 6.07) is 22.6. The van der Waals surface area contributed by atoms with Gasteiger partial charge >= 0.3 is 0 Å². The van der Waals surface area contributed by atoms with E-state index in [2.05, 4.69) is 48.2 Å². The van der Waals surface area contributed by atoms with Crippen molar-refractivity contribution in [3.8, 4) is 23.7 Å². The molecular weight excluding hydrogens is 444 g/mol. The van der Waals surface area contributed by atoms with Gasteiger partial charge in [-0.05, 0) is 49.2 Å². The maximum atomic E-state index is 13.1. The standard InChI is InChI=1S/C32H32N2O2/c1-3-5-21-33-31(35)29-24-30(32(36)34-22-6-4-2)28(20-18-26-15-11-8-12-16-26)23-27(29)19-17-25-13-9-7-10-14-25/h7-16,23-24H,3-6,21-22H2,1-2H3,(H,33,35)(H,34,36). The SMILES string of the molecule is CCCCNC(=O)c1cc(C(=O)NCCCC)c(C#Cc2ccccc2)cc1C#Cc1ccccc1. The van der Waals surface area contributed by atoms with E-state index >= 15 is 0 Å². The van der Waals surface area contributed by atoms with Crippen molar-refractivity contribution in [2.45, 2.75) is 39.5 Å². The molecule has 0 aliphatic heterocycles. The number of amides is 2. The Hall–Kier alpha value is -4.28. The molecule has 182 valence electrons. The van der Waals surface area contributed by atoms with Crippen LogP contribution in [0.4, 0.5) is 0 Å². The van der Waals surface area contributed by atoms with Gasteiger partial charge < -0.3 is 10.6 Å². The zero-order valence-corrected chi connectivity index (χ0v) is 21.0. The van der Waals surface area contributed by atoms with Crippen LogP contribution in [0.2, 0.25) is 0 Å². The first-order valence-electron chi connectivity index (χ1n) is 12.5. The Bertz CT molecular complexity index is 1190. The molecule has 0 heterocycles. The molecule has 0 bridgehead atoms. The molecule has 3 rings (SSSR count). The molecular formula is C32H32N2O2. The van der Waals surface area contributed by atoms with Gasteiger partial charge in [0.05, 0.1) is 11.1 Å². The summed E-state index contributed by atoms with van der Waals surface area (Å²) in [7, 11) is 0. The van der Waals surface area contributed by atoms with Crippen LogP contribution in [0.1, 0.15) is 82.5 Å². The Morgan fingerprint density at radius 3 is 1.42 bits per heavy atom. The molecule has 36 heavy (non-hydrogen) atoms. The van der Waals surface area contributed by atoms with E-state index in [1.807, 2.05) is 60.7 Å². The summed E-state index contributed by atoms with van der Waals surface area (Å²) in [5.41, 5.74) is 3.51. The number of benzene rings is 3. The molecule has 2 amide bonds. The van der Waals surface area contributed by atoms with Gasteiger partial charge in [-0.25, -0.2) is 0 Å². The van der Waals surface area contributed by atoms with E-state index in [9.17, 15) is 9.59 Å². The van der Waals surface area contributed by atoms with E-state index in [0.717, 1.165) is 36.8 Å². The van der Waals surface area contributed by atoms with Crippen LogP contribution in [0.5, 0.6) is 0 Å². The van der Waals surface area contributed by atoms with Crippen molar-refractivity contribution in [3.05, 3.63) is 106 Å². The van der Waals surface area contributed by atoms with Crippen molar-refractivity contribution in [2.75, 3.05) is 13.1 Å². The Kier molecular flexibility index (Phi) is 10.4. The zero-order chi connectivity index (χ0) is 25.6. The predicted octanol–water partition coefficient (Wildman–Crippen LogP) is 5.55. The van der Waals surface area contributed by atoms with Crippen molar-refractivity contribution in [3.63, 3.8) is 0 Å². The van der Waals surface area contributed by atoms with Crippen molar-refractivity contribution in [2.24, 2.45) is 0 Å². The molecule has 0 aliphatic rings. The summed E-state index contributed by atoms with van der Waals surface area (Å²) in [6.07, 6.45) is 3.70. The summed E-state index contributed by atoms with van der Waals surface area (Å²) < 4.78 is 0. The average molecular weight is 477 g/mol. The lowest BCUT2D eigenvalue weighted by atomic mass is 9.96. The van der Waals surface area contributed by atoms with Crippen molar-refractivity contribution in [1.82, 2.24) is 10.6 Å². The first-order valence-corrected chi connectivity index (χ1v) is 12.5. The van der Waals surface area contributed by atoms with Gasteiger partial charge in [0.15, 0.2) is 0 Å². The number of unbranched alkanes of at least 4 members (excludes halogenated alkanes) is 2. The molecule has 0 aliphatic carbocycles. The summed E-state index contributed by atoms with van der Waals surface area (Å²) in [5, 5.41) is 5.92. The third-order valence-corrected chi connectivity index (χ3v) is 5.51. The average Bonchev–Trinajstić information content (AvgIpc) is 2.91. The van der Waals surface area contributed by atoms with E-state index in [4.69, 9.17) is 0 Å². The van der Waals surface area contributed by atoms with Gasteiger partial charge in [-0.2, -0.15) is 0 Å². The number of nitrogens with one attached hydrogen (secondary N) is 2. The lowest BCUT2D eigenvalue weighted by Gasteiger charge is -2.12. The molecule has 4 heteroatoms. The zero-order valence-electron chi connectivity index (χ0n) is 21.0. The van der Waals surface area contributed by atoms with Gasteiger partial charge in [-0.15, -0.1) is 0 Å². The number of hydrogen-bond donors (Lipinski definition) is 2. The summed E-state index contributed by atoms with van der Waals surface area (Å²) in [5.74, 6) is 12.1. The predicted molar refractivity (Wildman–Crippen MR) is 146 cm³/mol. The Labute approximate surface area is 214 Å². The van der Waals surface area contributed by atoms with E-state index in [0.29, 0.717) is 35.3 Å². The van der Waals surface area contributed by atoms with Gasteiger partial charge in [-0.1, -0.05) is 86.8 Å². The Morgan fingerprint density at radius 2 is 1.03 bits per heavy atom. The quantitative estimate of drug-likeness (QED) is 0.331. The van der Waals surface area contributed by atoms with E-state index < -0.39 is 0 Å². The molecule has 0 aromatic heterocycles. The third kappa shape index (κ3) is 7.90. The summed E-state index contributed by atoms with van der Waals surface area (Å²) >= 11 is 0. The molecule has 0 unspecified atom stereocenters. The molecule has 0 saturated carbocycles. The van der Waals surface area contributed by atoms with E-state index in [1.165, 1.54) is 0 Å². The molecule has 3 aromatic carbocycles. The van der Waals surface area contributed by atoms with Gasteiger partial charge in [0.1, 0.15) is 0 Å². The highest BCUT2D eigenvalue weighted by atomic mass is 16.2. The molecule has 0 radical (unpaired) electrons. The molecule has 0 fully saturated rings. The van der Waals surface area contributed by atoms with Crippen LogP contribution in [0.25, 0.3) is 0 Å². The van der Waals surface area contributed by atoms with E-state index in [1.54, 1.807) is 12.1 Å². The maximum absolute atomic E-state index is 13.1. The molecule has 3 aromatic rings. The fourth-order valence-electron chi connectivity index (χ4n) is 3.45. The van der Waals surface area contributed by atoms with Crippen LogP contribution < -0.4 is 10.6 Å². The summed E-state index contributed by atoms with van der Waals surface area (Å²) in [6.45, 7) is 5.27. The normalized spacial score (nSPS) is 9.83. The van der Waals surface area contributed by atoms with Crippen LogP contribution in [0.3, 0.4) is 0 Å². The number of carbonyl (C=O) groups excluding carboxylic acids is 2.